The Kier molecular flexibility index (Phi) is 4.92. The van der Waals surface area contributed by atoms with Crippen molar-refractivity contribution < 1.29 is 9.21 Å². The molecule has 0 bridgehead atoms. The molecule has 0 aliphatic rings. The first kappa shape index (κ1) is 14.9. The first-order valence-corrected chi connectivity index (χ1v) is 8.66. The van der Waals surface area contributed by atoms with Gasteiger partial charge in [0.25, 0.3) is 0 Å². The summed E-state index contributed by atoms with van der Waals surface area (Å²) in [5.41, 5.74) is 1.10. The maximum atomic E-state index is 11.7. The molecule has 3 aromatic rings. The Morgan fingerprint density at radius 1 is 1.14 bits per heavy atom. The van der Waals surface area contributed by atoms with Crippen LogP contribution in [0.4, 0.5) is 4.79 Å². The lowest BCUT2D eigenvalue weighted by Crippen LogP contribution is -2.35. The predicted octanol–water partition coefficient (Wildman–Crippen LogP) is 4.11. The summed E-state index contributed by atoms with van der Waals surface area (Å²) in [6.07, 6.45) is 4.25. The van der Waals surface area contributed by atoms with E-state index in [1.165, 1.54) is 9.75 Å². The number of thiophene rings is 2. The fraction of sp³-hybridized carbons (Fsp3) is 0.188. The van der Waals surface area contributed by atoms with Crippen LogP contribution in [-0.2, 0) is 13.0 Å². The third kappa shape index (κ3) is 3.99. The number of carbonyl (C=O) groups is 1. The van der Waals surface area contributed by atoms with Gasteiger partial charge in [-0.15, -0.1) is 22.7 Å². The molecule has 4 nitrogen and oxygen atoms in total. The van der Waals surface area contributed by atoms with Crippen LogP contribution >= 0.6 is 22.7 Å². The molecule has 3 aromatic heterocycles. The van der Waals surface area contributed by atoms with E-state index in [1.807, 2.05) is 23.6 Å². The molecule has 0 radical (unpaired) electrons. The van der Waals surface area contributed by atoms with E-state index in [2.05, 4.69) is 22.8 Å². The molecule has 0 saturated carbocycles. The number of amides is 2. The second-order valence-corrected chi connectivity index (χ2v) is 6.92. The van der Waals surface area contributed by atoms with Crippen molar-refractivity contribution in [3.05, 3.63) is 58.0 Å². The zero-order valence-corrected chi connectivity index (χ0v) is 13.5. The maximum absolute atomic E-state index is 11.7. The normalized spacial score (nSPS) is 10.5. The highest BCUT2D eigenvalue weighted by atomic mass is 32.1. The van der Waals surface area contributed by atoms with Crippen LogP contribution in [-0.4, -0.2) is 12.6 Å². The monoisotopic (exact) mass is 332 g/mol. The van der Waals surface area contributed by atoms with Crippen molar-refractivity contribution in [2.24, 2.45) is 0 Å². The smallest absolute Gasteiger partial charge is 0.315 e. The van der Waals surface area contributed by atoms with Crippen LogP contribution < -0.4 is 10.6 Å². The Morgan fingerprint density at radius 3 is 2.86 bits per heavy atom. The van der Waals surface area contributed by atoms with E-state index in [-0.39, 0.29) is 6.03 Å². The molecule has 2 amide bonds. The van der Waals surface area contributed by atoms with Crippen LogP contribution in [0.5, 0.6) is 0 Å². The maximum Gasteiger partial charge on any atom is 0.315 e. The molecule has 0 saturated heterocycles. The SMILES string of the molecule is O=C(NCCc1ccc(-c2ccoc2)s1)NCc1cccs1. The number of urea groups is 1. The third-order valence-electron chi connectivity index (χ3n) is 3.13. The van der Waals surface area contributed by atoms with Crippen LogP contribution in [0.2, 0.25) is 0 Å². The largest absolute Gasteiger partial charge is 0.472 e. The second kappa shape index (κ2) is 7.29. The summed E-state index contributed by atoms with van der Waals surface area (Å²) in [7, 11) is 0. The Labute approximate surface area is 136 Å². The van der Waals surface area contributed by atoms with Gasteiger partial charge in [-0.3, -0.25) is 0 Å². The molecule has 0 aliphatic heterocycles. The number of hydrogen-bond acceptors (Lipinski definition) is 4. The fourth-order valence-corrected chi connectivity index (χ4v) is 3.65. The van der Waals surface area contributed by atoms with E-state index in [0.717, 1.165) is 16.9 Å². The quantitative estimate of drug-likeness (QED) is 0.714. The van der Waals surface area contributed by atoms with Crippen LogP contribution in [0, 0.1) is 0 Å². The summed E-state index contributed by atoms with van der Waals surface area (Å²) in [4.78, 5) is 15.3. The van der Waals surface area contributed by atoms with E-state index in [9.17, 15) is 4.79 Å². The van der Waals surface area contributed by atoms with Crippen LogP contribution in [0.1, 0.15) is 9.75 Å². The lowest BCUT2D eigenvalue weighted by atomic mass is 10.3. The van der Waals surface area contributed by atoms with Crippen LogP contribution in [0.3, 0.4) is 0 Å². The third-order valence-corrected chi connectivity index (χ3v) is 5.20. The summed E-state index contributed by atoms with van der Waals surface area (Å²) in [5, 5.41) is 7.73. The molecule has 0 aliphatic carbocycles. The molecule has 3 heterocycles. The van der Waals surface area contributed by atoms with E-state index in [1.54, 1.807) is 35.2 Å². The van der Waals surface area contributed by atoms with Gasteiger partial charge in [-0.05, 0) is 36.1 Å². The van der Waals surface area contributed by atoms with Gasteiger partial charge in [-0.25, -0.2) is 4.79 Å². The predicted molar refractivity (Wildman–Crippen MR) is 90.3 cm³/mol. The molecule has 0 spiro atoms. The molecule has 0 unspecified atom stereocenters. The Morgan fingerprint density at radius 2 is 2.09 bits per heavy atom. The van der Waals surface area contributed by atoms with Gasteiger partial charge in [0.05, 0.1) is 19.1 Å². The minimum atomic E-state index is -0.125. The van der Waals surface area contributed by atoms with Crippen molar-refractivity contribution in [1.82, 2.24) is 10.6 Å². The van der Waals surface area contributed by atoms with Crippen molar-refractivity contribution >= 4 is 28.7 Å². The average molecular weight is 332 g/mol. The first-order chi connectivity index (χ1) is 10.8. The Balaban J connectivity index is 1.40. The van der Waals surface area contributed by atoms with Gasteiger partial charge in [0.15, 0.2) is 0 Å². The van der Waals surface area contributed by atoms with E-state index in [4.69, 9.17) is 4.42 Å². The first-order valence-electron chi connectivity index (χ1n) is 6.96. The Hall–Kier alpha value is -2.05. The summed E-state index contributed by atoms with van der Waals surface area (Å²) in [5.74, 6) is 0. The minimum Gasteiger partial charge on any atom is -0.472 e. The molecule has 22 heavy (non-hydrogen) atoms. The van der Waals surface area contributed by atoms with Gasteiger partial charge in [0.1, 0.15) is 0 Å². The zero-order valence-electron chi connectivity index (χ0n) is 11.9. The number of carbonyl (C=O) groups excluding carboxylic acids is 1. The summed E-state index contributed by atoms with van der Waals surface area (Å²) in [6, 6.07) is 9.99. The summed E-state index contributed by atoms with van der Waals surface area (Å²) in [6.45, 7) is 1.20. The summed E-state index contributed by atoms with van der Waals surface area (Å²) < 4.78 is 5.09. The van der Waals surface area contributed by atoms with Crippen molar-refractivity contribution in [3.8, 4) is 10.4 Å². The Bertz CT molecular complexity index is 702. The van der Waals surface area contributed by atoms with Gasteiger partial charge in [-0.1, -0.05) is 6.07 Å². The van der Waals surface area contributed by atoms with E-state index < -0.39 is 0 Å². The molecule has 0 aromatic carbocycles. The number of hydrogen-bond donors (Lipinski definition) is 2. The van der Waals surface area contributed by atoms with Crippen molar-refractivity contribution in [3.63, 3.8) is 0 Å². The van der Waals surface area contributed by atoms with Crippen LogP contribution in [0.25, 0.3) is 10.4 Å². The van der Waals surface area contributed by atoms with Gasteiger partial charge >= 0.3 is 6.03 Å². The summed E-state index contributed by atoms with van der Waals surface area (Å²) >= 11 is 3.36. The molecular weight excluding hydrogens is 316 g/mol. The molecule has 2 N–H and O–H groups in total. The van der Waals surface area contributed by atoms with Gasteiger partial charge in [0.2, 0.25) is 0 Å². The van der Waals surface area contributed by atoms with Crippen molar-refractivity contribution in [2.45, 2.75) is 13.0 Å². The highest BCUT2D eigenvalue weighted by Crippen LogP contribution is 2.28. The van der Waals surface area contributed by atoms with E-state index in [0.29, 0.717) is 13.1 Å². The van der Waals surface area contributed by atoms with Gasteiger partial charge in [0, 0.05) is 26.7 Å². The lowest BCUT2D eigenvalue weighted by molar-refractivity contribution is 0.241. The second-order valence-electron chi connectivity index (χ2n) is 4.72. The average Bonchev–Trinajstić information content (AvgIpc) is 3.26. The standard InChI is InChI=1S/C16H16N2O2S2/c19-16(18-10-14-2-1-9-21-14)17-7-5-13-3-4-15(22-13)12-6-8-20-11-12/h1-4,6,8-9,11H,5,7,10H2,(H2,17,18,19). The van der Waals surface area contributed by atoms with Crippen molar-refractivity contribution in [2.75, 3.05) is 6.54 Å². The molecule has 114 valence electrons. The lowest BCUT2D eigenvalue weighted by Gasteiger charge is -2.05. The van der Waals surface area contributed by atoms with Gasteiger partial charge < -0.3 is 15.1 Å². The molecular formula is C16H16N2O2S2. The topological polar surface area (TPSA) is 54.3 Å². The van der Waals surface area contributed by atoms with Gasteiger partial charge in [-0.2, -0.15) is 0 Å². The fourth-order valence-electron chi connectivity index (χ4n) is 2.01. The van der Waals surface area contributed by atoms with Crippen molar-refractivity contribution in [1.29, 1.82) is 0 Å². The number of rotatable bonds is 6. The molecule has 0 atom stereocenters. The van der Waals surface area contributed by atoms with E-state index >= 15 is 0 Å². The number of furan rings is 1. The molecule has 0 fully saturated rings. The highest BCUT2D eigenvalue weighted by Gasteiger charge is 2.05. The number of nitrogens with one attached hydrogen (secondary N) is 2. The van der Waals surface area contributed by atoms with Crippen LogP contribution in [0.15, 0.2) is 52.7 Å². The molecule has 3 rings (SSSR count). The highest BCUT2D eigenvalue weighted by molar-refractivity contribution is 7.15. The molecule has 6 heteroatoms. The minimum absolute atomic E-state index is 0.125. The zero-order chi connectivity index (χ0) is 15.2.